The molecule has 2 N–H and O–H groups in total. The Hall–Kier alpha value is -4.82. The molecule has 2 saturated heterocycles. The number of carbonyl (C=O) groups is 1. The number of nitrogens with two attached hydrogens (primary N) is 1. The predicted octanol–water partition coefficient (Wildman–Crippen LogP) is 5.76. The number of thiophene rings is 1. The van der Waals surface area contributed by atoms with Gasteiger partial charge in [0.1, 0.15) is 18.2 Å². The number of halogens is 1. The molecular formula is C36H37FN8O3S. The van der Waals surface area contributed by atoms with E-state index in [1.54, 1.807) is 30.2 Å². The lowest BCUT2D eigenvalue weighted by atomic mass is 9.95. The van der Waals surface area contributed by atoms with Crippen LogP contribution in [0.3, 0.4) is 0 Å². The smallest absolute Gasteiger partial charge is 0.319 e. The number of aromatic nitrogens is 2. The molecule has 11 nitrogen and oxygen atoms in total. The molecule has 1 saturated carbocycles. The van der Waals surface area contributed by atoms with Crippen LogP contribution in [-0.2, 0) is 9.53 Å². The zero-order valence-corrected chi connectivity index (χ0v) is 28.5. The number of likely N-dealkylation sites (tertiary alicyclic amines) is 2. The van der Waals surface area contributed by atoms with Crippen molar-refractivity contribution in [1.29, 1.82) is 5.26 Å². The largest absolute Gasteiger partial charge is 0.462 e. The third kappa shape index (κ3) is 5.62. The van der Waals surface area contributed by atoms with Gasteiger partial charge in [-0.05, 0) is 68.0 Å². The van der Waals surface area contributed by atoms with Crippen molar-refractivity contribution in [3.8, 4) is 23.2 Å². The van der Waals surface area contributed by atoms with Crippen LogP contribution in [0.15, 0.2) is 36.9 Å². The van der Waals surface area contributed by atoms with E-state index in [1.807, 2.05) is 11.9 Å². The van der Waals surface area contributed by atoms with E-state index < -0.39 is 5.82 Å². The van der Waals surface area contributed by atoms with Gasteiger partial charge in [0.05, 0.1) is 52.1 Å². The van der Waals surface area contributed by atoms with Crippen LogP contribution in [0, 0.1) is 29.1 Å². The van der Waals surface area contributed by atoms with Gasteiger partial charge in [-0.1, -0.05) is 12.6 Å². The first-order chi connectivity index (χ1) is 23.6. The van der Waals surface area contributed by atoms with Gasteiger partial charge in [-0.3, -0.25) is 9.69 Å². The molecule has 1 amide bonds. The van der Waals surface area contributed by atoms with Gasteiger partial charge < -0.3 is 25.0 Å². The summed E-state index contributed by atoms with van der Waals surface area (Å²) in [6, 6.07) is 8.73. The van der Waals surface area contributed by atoms with Crippen LogP contribution in [0.4, 0.5) is 20.9 Å². The first-order valence-corrected chi connectivity index (χ1v) is 17.1. The number of fused-ring (bicyclic) bond motifs is 2. The fourth-order valence-corrected chi connectivity index (χ4v) is 8.72. The number of nitriles is 1. The minimum absolute atomic E-state index is 0.156. The minimum atomic E-state index is -0.484. The summed E-state index contributed by atoms with van der Waals surface area (Å²) in [6.07, 6.45) is 5.54. The van der Waals surface area contributed by atoms with Gasteiger partial charge in [0.25, 0.3) is 0 Å². The summed E-state index contributed by atoms with van der Waals surface area (Å²) < 4.78 is 27.1. The number of benzene rings is 2. The van der Waals surface area contributed by atoms with Gasteiger partial charge in [-0.2, -0.15) is 15.2 Å². The van der Waals surface area contributed by atoms with Gasteiger partial charge in [0.2, 0.25) is 11.6 Å². The Bertz CT molecular complexity index is 2080. The van der Waals surface area contributed by atoms with Crippen molar-refractivity contribution >= 4 is 54.7 Å². The number of nitrogen functional groups attached to an aromatic ring is 1. The number of anilines is 2. The van der Waals surface area contributed by atoms with E-state index in [2.05, 4.69) is 29.4 Å². The lowest BCUT2D eigenvalue weighted by molar-refractivity contribution is -0.127. The highest BCUT2D eigenvalue weighted by Crippen LogP contribution is 2.54. The molecule has 1 unspecified atom stereocenters. The van der Waals surface area contributed by atoms with Crippen LogP contribution in [0.5, 0.6) is 6.01 Å². The molecule has 3 aliphatic rings. The Labute approximate surface area is 288 Å². The number of amides is 1. The molecule has 1 spiro atoms. The van der Waals surface area contributed by atoms with Crippen molar-refractivity contribution in [3.63, 3.8) is 0 Å². The Morgan fingerprint density at radius 1 is 1.33 bits per heavy atom. The summed E-state index contributed by atoms with van der Waals surface area (Å²) in [5.41, 5.74) is 8.54. The van der Waals surface area contributed by atoms with E-state index in [1.165, 1.54) is 25.0 Å². The highest BCUT2D eigenvalue weighted by Gasteiger charge is 2.51. The van der Waals surface area contributed by atoms with E-state index in [-0.39, 0.29) is 45.4 Å². The summed E-state index contributed by atoms with van der Waals surface area (Å²) in [5.74, 6) is -0.104. The highest BCUT2D eigenvalue weighted by molar-refractivity contribution is 7.23. The second kappa shape index (κ2) is 12.6. The normalized spacial score (nSPS) is 21.3. The monoisotopic (exact) mass is 680 g/mol. The van der Waals surface area contributed by atoms with Gasteiger partial charge in [-0.25, -0.2) is 9.24 Å². The SMILES string of the molecule is [C-]#[N+]c1c(N)sc2c(F)ccc(-c3cc4nc(OC[C@@H]5CC6(CC6)CN5C)nc(N(C)C5CCN(C(=O)C=C)[C@@H]5COC)c4cc3C#N)c12. The Balaban J connectivity index is 1.36. The number of nitrogens with zero attached hydrogens (tertiary/aromatic N) is 7. The van der Waals surface area contributed by atoms with Crippen molar-refractivity contribution in [2.45, 2.75) is 43.8 Å². The molecule has 7 rings (SSSR count). The maximum atomic E-state index is 15.0. The van der Waals surface area contributed by atoms with Crippen molar-refractivity contribution in [2.24, 2.45) is 5.41 Å². The summed E-state index contributed by atoms with van der Waals surface area (Å²) in [6.45, 7) is 13.8. The molecule has 0 radical (unpaired) electrons. The first kappa shape index (κ1) is 32.7. The van der Waals surface area contributed by atoms with E-state index in [0.717, 1.165) is 24.3 Å². The Morgan fingerprint density at radius 2 is 2.12 bits per heavy atom. The molecule has 13 heteroatoms. The maximum Gasteiger partial charge on any atom is 0.319 e. The standard InChI is InChI=1S/C36H37FN8O3S/c1-6-29(46)45-12-9-27(28(45)18-47-5)44(4)34-24-13-20(16-38)23(22-7-8-25(37)32-30(22)31(40-2)33(39)49-32)14-26(24)41-35(42-34)48-17-21-15-36(10-11-36)19-43(21)3/h6-8,13-14,21,27-28H,1,9-12,15,17-19,39H2,3-5H3/t21-,27?,28+/m0/s1. The molecule has 2 aliphatic heterocycles. The summed E-state index contributed by atoms with van der Waals surface area (Å²) in [5, 5.41) is 11.6. The summed E-state index contributed by atoms with van der Waals surface area (Å²) >= 11 is 1.02. The molecule has 4 aromatic rings. The molecular weight excluding hydrogens is 644 g/mol. The first-order valence-electron chi connectivity index (χ1n) is 16.2. The Kier molecular flexibility index (Phi) is 8.39. The quantitative estimate of drug-likeness (QED) is 0.174. The van der Waals surface area contributed by atoms with Crippen molar-refractivity contribution in [3.05, 3.63) is 59.7 Å². The van der Waals surface area contributed by atoms with Gasteiger partial charge in [-0.15, -0.1) is 11.3 Å². The number of ether oxygens (including phenoxy) is 2. The molecule has 49 heavy (non-hydrogen) atoms. The molecule has 252 valence electrons. The fourth-order valence-electron chi connectivity index (χ4n) is 7.78. The van der Waals surface area contributed by atoms with Crippen LogP contribution in [0.25, 0.3) is 37.0 Å². The number of carbonyl (C=O) groups excluding carboxylic acids is 1. The van der Waals surface area contributed by atoms with Crippen LogP contribution < -0.4 is 15.4 Å². The third-order valence-corrected chi connectivity index (χ3v) is 11.5. The number of likely N-dealkylation sites (N-methyl/N-ethyl adjacent to an activating group) is 2. The summed E-state index contributed by atoms with van der Waals surface area (Å²) in [4.78, 5) is 32.3. The number of methoxy groups -OCH3 is 1. The minimum Gasteiger partial charge on any atom is -0.462 e. The van der Waals surface area contributed by atoms with Gasteiger partial charge in [0.15, 0.2) is 0 Å². The average Bonchev–Trinajstić information content (AvgIpc) is 3.40. The van der Waals surface area contributed by atoms with E-state index >= 15 is 0 Å². The molecule has 3 fully saturated rings. The van der Waals surface area contributed by atoms with E-state index in [0.29, 0.717) is 70.4 Å². The van der Waals surface area contributed by atoms with Crippen LogP contribution in [0.2, 0.25) is 0 Å². The van der Waals surface area contributed by atoms with E-state index in [9.17, 15) is 14.4 Å². The molecule has 1 aliphatic carbocycles. The van der Waals surface area contributed by atoms with E-state index in [4.69, 9.17) is 31.7 Å². The lowest BCUT2D eigenvalue weighted by Crippen LogP contribution is -2.48. The second-order valence-electron chi connectivity index (χ2n) is 13.4. The van der Waals surface area contributed by atoms with Gasteiger partial charge >= 0.3 is 6.01 Å². The second-order valence-corrected chi connectivity index (χ2v) is 14.4. The number of hydrogen-bond acceptors (Lipinski definition) is 10. The third-order valence-electron chi connectivity index (χ3n) is 10.5. The van der Waals surface area contributed by atoms with Crippen molar-refractivity contribution in [2.75, 3.05) is 58.1 Å². The van der Waals surface area contributed by atoms with Crippen LogP contribution in [-0.4, -0.2) is 91.3 Å². The highest BCUT2D eigenvalue weighted by atomic mass is 32.1. The van der Waals surface area contributed by atoms with Crippen LogP contribution in [0.1, 0.15) is 31.2 Å². The summed E-state index contributed by atoms with van der Waals surface area (Å²) in [7, 11) is 5.65. The zero-order valence-electron chi connectivity index (χ0n) is 27.7. The topological polar surface area (TPSA) is 125 Å². The maximum absolute atomic E-state index is 15.0. The van der Waals surface area contributed by atoms with Crippen molar-refractivity contribution < 1.29 is 18.7 Å². The molecule has 2 aromatic heterocycles. The average molecular weight is 681 g/mol. The molecule has 2 aromatic carbocycles. The van der Waals surface area contributed by atoms with Gasteiger partial charge in [0, 0.05) is 49.6 Å². The lowest BCUT2D eigenvalue weighted by Gasteiger charge is -2.33. The number of hydrogen-bond donors (Lipinski definition) is 1. The molecule has 0 bridgehead atoms. The zero-order chi connectivity index (χ0) is 34.6. The predicted molar refractivity (Wildman–Crippen MR) is 188 cm³/mol. The molecule has 3 atom stereocenters. The van der Waals surface area contributed by atoms with Crippen LogP contribution >= 0.6 is 11.3 Å². The Morgan fingerprint density at radius 3 is 2.80 bits per heavy atom. The van der Waals surface area contributed by atoms with Crippen molar-refractivity contribution in [1.82, 2.24) is 19.8 Å². The fraction of sp³-hybridized carbons (Fsp3) is 0.417. The molecule has 4 heterocycles. The number of rotatable bonds is 9.